The second-order valence-electron chi connectivity index (χ2n) is 8.60. The third kappa shape index (κ3) is 5.35. The van der Waals surface area contributed by atoms with Crippen molar-refractivity contribution in [2.24, 2.45) is 0 Å². The molecule has 1 saturated heterocycles. The van der Waals surface area contributed by atoms with E-state index in [0.29, 0.717) is 21.4 Å². The SMILES string of the molecule is Cc1c(C(=O)NN2CCCCC2)nn(-c2ccc(Cl)cc2Cl)c1-c1ccc(C#Cc2ccccc2)s1. The molecular weight excluding hydrogens is 511 g/mol. The molecule has 0 radical (unpaired) electrons. The summed E-state index contributed by atoms with van der Waals surface area (Å²) in [6.07, 6.45) is 3.33. The van der Waals surface area contributed by atoms with Gasteiger partial charge in [-0.25, -0.2) is 9.69 Å². The summed E-state index contributed by atoms with van der Waals surface area (Å²) < 4.78 is 1.74. The van der Waals surface area contributed by atoms with Gasteiger partial charge in [0.05, 0.1) is 26.2 Å². The highest BCUT2D eigenvalue weighted by atomic mass is 35.5. The first-order chi connectivity index (χ1) is 17.5. The van der Waals surface area contributed by atoms with Crippen molar-refractivity contribution in [1.82, 2.24) is 20.2 Å². The zero-order valence-corrected chi connectivity index (χ0v) is 22.1. The van der Waals surface area contributed by atoms with E-state index in [1.54, 1.807) is 28.2 Å². The number of nitrogens with zero attached hydrogens (tertiary/aromatic N) is 3. The van der Waals surface area contributed by atoms with Gasteiger partial charge in [0.1, 0.15) is 0 Å². The van der Waals surface area contributed by atoms with Crippen LogP contribution in [0.2, 0.25) is 10.0 Å². The molecule has 0 saturated carbocycles. The van der Waals surface area contributed by atoms with E-state index in [0.717, 1.165) is 52.5 Å². The molecular formula is C28H24Cl2N4OS. The number of benzene rings is 2. The predicted molar refractivity (Wildman–Crippen MR) is 147 cm³/mol. The van der Waals surface area contributed by atoms with Crippen molar-refractivity contribution >= 4 is 40.4 Å². The Bertz CT molecular complexity index is 1460. The Morgan fingerprint density at radius 1 is 1.00 bits per heavy atom. The second kappa shape index (κ2) is 10.9. The monoisotopic (exact) mass is 534 g/mol. The van der Waals surface area contributed by atoms with E-state index in [9.17, 15) is 4.79 Å². The number of thiophene rings is 1. The van der Waals surface area contributed by atoms with Crippen molar-refractivity contribution in [3.8, 4) is 28.1 Å². The molecule has 1 amide bonds. The number of hydrogen-bond donors (Lipinski definition) is 1. The zero-order valence-electron chi connectivity index (χ0n) is 19.7. The van der Waals surface area contributed by atoms with Gasteiger partial charge in [-0.15, -0.1) is 11.3 Å². The summed E-state index contributed by atoms with van der Waals surface area (Å²) in [5.41, 5.74) is 6.59. The van der Waals surface area contributed by atoms with Gasteiger partial charge in [0.25, 0.3) is 5.91 Å². The molecule has 3 heterocycles. The zero-order chi connectivity index (χ0) is 25.1. The van der Waals surface area contributed by atoms with Gasteiger partial charge in [0.2, 0.25) is 0 Å². The maximum atomic E-state index is 13.3. The molecule has 8 heteroatoms. The van der Waals surface area contributed by atoms with Crippen LogP contribution >= 0.6 is 34.5 Å². The normalized spacial score (nSPS) is 13.8. The molecule has 182 valence electrons. The molecule has 0 unspecified atom stereocenters. The van der Waals surface area contributed by atoms with E-state index in [2.05, 4.69) is 17.3 Å². The van der Waals surface area contributed by atoms with E-state index in [-0.39, 0.29) is 5.91 Å². The highest BCUT2D eigenvalue weighted by Gasteiger charge is 2.25. The fraction of sp³-hybridized carbons (Fsp3) is 0.214. The average molecular weight is 536 g/mol. The number of rotatable bonds is 4. The molecule has 0 spiro atoms. The smallest absolute Gasteiger partial charge is 0.283 e. The number of piperidine rings is 1. The highest BCUT2D eigenvalue weighted by Crippen LogP contribution is 2.36. The van der Waals surface area contributed by atoms with Gasteiger partial charge in [-0.3, -0.25) is 10.2 Å². The highest BCUT2D eigenvalue weighted by molar-refractivity contribution is 7.16. The first kappa shape index (κ1) is 24.6. The summed E-state index contributed by atoms with van der Waals surface area (Å²) in [7, 11) is 0. The number of hydrogen-bond acceptors (Lipinski definition) is 4. The van der Waals surface area contributed by atoms with Crippen LogP contribution in [0.4, 0.5) is 0 Å². The van der Waals surface area contributed by atoms with Gasteiger partial charge in [-0.05, 0) is 62.2 Å². The molecule has 1 fully saturated rings. The lowest BCUT2D eigenvalue weighted by molar-refractivity contribution is 0.0743. The van der Waals surface area contributed by atoms with Gasteiger partial charge >= 0.3 is 0 Å². The fourth-order valence-electron chi connectivity index (χ4n) is 4.22. The molecule has 4 aromatic rings. The van der Waals surface area contributed by atoms with Crippen LogP contribution in [0, 0.1) is 18.8 Å². The Hall–Kier alpha value is -3.08. The van der Waals surface area contributed by atoms with Crippen LogP contribution in [-0.2, 0) is 0 Å². The summed E-state index contributed by atoms with van der Waals surface area (Å²) in [5.74, 6) is 6.22. The standard InChI is InChI=1S/C28H24Cl2N4OS/c1-19-26(28(35)32-33-16-6-3-7-17-33)31-34(24-14-11-21(29)18-23(24)30)27(19)25-15-13-22(36-25)12-10-20-8-4-2-5-9-20/h2,4-5,8-9,11,13-15,18H,3,6-7,16-17H2,1H3,(H,32,35). The van der Waals surface area contributed by atoms with Gasteiger partial charge in [0.15, 0.2) is 5.69 Å². The number of nitrogens with one attached hydrogen (secondary N) is 1. The molecule has 36 heavy (non-hydrogen) atoms. The third-order valence-corrected chi connectivity index (χ3v) is 7.58. The summed E-state index contributed by atoms with van der Waals surface area (Å²) in [6.45, 7) is 3.61. The first-order valence-corrected chi connectivity index (χ1v) is 13.3. The van der Waals surface area contributed by atoms with Crippen molar-refractivity contribution in [2.45, 2.75) is 26.2 Å². The molecule has 2 aromatic carbocycles. The van der Waals surface area contributed by atoms with Crippen molar-refractivity contribution in [3.63, 3.8) is 0 Å². The van der Waals surface area contributed by atoms with Crippen LogP contribution in [0.15, 0.2) is 60.7 Å². The maximum absolute atomic E-state index is 13.3. The van der Waals surface area contributed by atoms with Crippen LogP contribution in [0.5, 0.6) is 0 Å². The Morgan fingerprint density at radius 3 is 2.53 bits per heavy atom. The van der Waals surface area contributed by atoms with Gasteiger partial charge in [0, 0.05) is 29.2 Å². The molecule has 5 rings (SSSR count). The summed E-state index contributed by atoms with van der Waals surface area (Å²) in [5, 5.41) is 7.70. The summed E-state index contributed by atoms with van der Waals surface area (Å²) in [6, 6.07) is 19.1. The Labute approximate surface area is 224 Å². The van der Waals surface area contributed by atoms with Crippen LogP contribution in [0.25, 0.3) is 16.3 Å². The molecule has 1 aliphatic heterocycles. The van der Waals surface area contributed by atoms with Crippen LogP contribution in [0.3, 0.4) is 0 Å². The largest absolute Gasteiger partial charge is 0.286 e. The lowest BCUT2D eigenvalue weighted by atomic mass is 10.1. The van der Waals surface area contributed by atoms with Crippen LogP contribution in [-0.4, -0.2) is 33.8 Å². The quantitative estimate of drug-likeness (QED) is 0.294. The van der Waals surface area contributed by atoms with Crippen molar-refractivity contribution in [2.75, 3.05) is 13.1 Å². The first-order valence-electron chi connectivity index (χ1n) is 11.8. The van der Waals surface area contributed by atoms with Gasteiger partial charge < -0.3 is 0 Å². The van der Waals surface area contributed by atoms with Crippen molar-refractivity contribution < 1.29 is 4.79 Å². The van der Waals surface area contributed by atoms with E-state index in [4.69, 9.17) is 28.3 Å². The predicted octanol–water partition coefficient (Wildman–Crippen LogP) is 6.75. The number of amides is 1. The fourth-order valence-corrected chi connectivity index (χ4v) is 5.65. The average Bonchev–Trinajstić information content (AvgIpc) is 3.48. The lowest BCUT2D eigenvalue weighted by Gasteiger charge is -2.26. The van der Waals surface area contributed by atoms with Gasteiger partial charge in [-0.1, -0.05) is 59.7 Å². The van der Waals surface area contributed by atoms with E-state index in [1.807, 2.05) is 60.5 Å². The van der Waals surface area contributed by atoms with E-state index in [1.165, 1.54) is 6.42 Å². The van der Waals surface area contributed by atoms with Crippen molar-refractivity contribution in [3.05, 3.63) is 92.4 Å². The Balaban J connectivity index is 1.55. The number of halogens is 2. The topological polar surface area (TPSA) is 50.2 Å². The molecule has 5 nitrogen and oxygen atoms in total. The number of carbonyl (C=O) groups is 1. The Kier molecular flexibility index (Phi) is 7.45. The second-order valence-corrected chi connectivity index (χ2v) is 10.5. The van der Waals surface area contributed by atoms with Gasteiger partial charge in [-0.2, -0.15) is 5.10 Å². The minimum Gasteiger partial charge on any atom is -0.283 e. The molecule has 0 aliphatic carbocycles. The minimum atomic E-state index is -0.222. The van der Waals surface area contributed by atoms with Crippen molar-refractivity contribution in [1.29, 1.82) is 0 Å². The maximum Gasteiger partial charge on any atom is 0.286 e. The van der Waals surface area contributed by atoms with Crippen LogP contribution < -0.4 is 5.43 Å². The minimum absolute atomic E-state index is 0.222. The third-order valence-electron chi connectivity index (χ3n) is 6.03. The Morgan fingerprint density at radius 2 is 1.78 bits per heavy atom. The number of carbonyl (C=O) groups excluding carboxylic acids is 1. The molecule has 1 N–H and O–H groups in total. The van der Waals surface area contributed by atoms with E-state index < -0.39 is 0 Å². The molecule has 0 atom stereocenters. The lowest BCUT2D eigenvalue weighted by Crippen LogP contribution is -2.45. The molecule has 1 aliphatic rings. The summed E-state index contributed by atoms with van der Waals surface area (Å²) in [4.78, 5) is 15.1. The molecule has 2 aromatic heterocycles. The summed E-state index contributed by atoms with van der Waals surface area (Å²) >= 11 is 14.3. The number of aromatic nitrogens is 2. The number of hydrazine groups is 1. The van der Waals surface area contributed by atoms with E-state index >= 15 is 0 Å². The molecule has 0 bridgehead atoms. The van der Waals surface area contributed by atoms with Crippen LogP contribution in [0.1, 0.15) is 45.8 Å².